The maximum Gasteiger partial charge on any atom is 0.354 e. The van der Waals surface area contributed by atoms with Crippen LogP contribution in [0.3, 0.4) is 0 Å². The Balaban J connectivity index is 1.73. The van der Waals surface area contributed by atoms with E-state index in [0.717, 1.165) is 40.0 Å². The van der Waals surface area contributed by atoms with Crippen molar-refractivity contribution in [2.75, 3.05) is 14.2 Å². The highest BCUT2D eigenvalue weighted by molar-refractivity contribution is 8.14. The molecule has 1 aromatic heterocycles. The van der Waals surface area contributed by atoms with Crippen LogP contribution in [0.15, 0.2) is 82.9 Å². The molecule has 0 saturated carbocycles. The lowest BCUT2D eigenvalue weighted by molar-refractivity contribution is -0.118. The van der Waals surface area contributed by atoms with Crippen molar-refractivity contribution in [1.82, 2.24) is 14.2 Å². The molecular weight excluding hydrogens is 410 g/mol. The third-order valence-corrected chi connectivity index (χ3v) is 7.25. The molecule has 2 aromatic rings. The zero-order valence-corrected chi connectivity index (χ0v) is 18.8. The summed E-state index contributed by atoms with van der Waals surface area (Å²) in [6.45, 7) is 4.16. The predicted molar refractivity (Wildman–Crippen MR) is 122 cm³/mol. The minimum Gasteiger partial charge on any atom is -0.496 e. The first kappa shape index (κ1) is 20.1. The number of hydrogen-bond acceptors (Lipinski definition) is 5. The van der Waals surface area contributed by atoms with Crippen molar-refractivity contribution in [3.8, 4) is 0 Å². The summed E-state index contributed by atoms with van der Waals surface area (Å²) in [4.78, 5) is 23.9. The molecule has 2 aliphatic heterocycles. The number of thioether (sulfide) groups is 1. The van der Waals surface area contributed by atoms with Gasteiger partial charge in [0.1, 0.15) is 22.7 Å². The number of carbonyl (C=O) groups is 1. The third kappa shape index (κ3) is 2.54. The number of methoxy groups -OCH3 is 1. The van der Waals surface area contributed by atoms with Crippen molar-refractivity contribution in [3.63, 3.8) is 0 Å². The number of nitrogens with zero attached hydrogens (tertiary/aromatic N) is 3. The summed E-state index contributed by atoms with van der Waals surface area (Å²) < 4.78 is 7.97. The van der Waals surface area contributed by atoms with Crippen molar-refractivity contribution >= 4 is 28.5 Å². The highest BCUT2D eigenvalue weighted by Crippen LogP contribution is 2.58. The molecule has 6 nitrogen and oxygen atoms in total. The van der Waals surface area contributed by atoms with Gasteiger partial charge >= 0.3 is 5.95 Å². The van der Waals surface area contributed by atoms with E-state index in [4.69, 9.17) is 14.6 Å². The Morgan fingerprint density at radius 3 is 2.68 bits per heavy atom. The SMILES string of the molecule is COC1=C(C)CC23C=CC=C[N+]2(OC)c2ncc(SC(=O)c4ccccc4)n2C3=C1C. The second-order valence-electron chi connectivity index (χ2n) is 7.92. The quantitative estimate of drug-likeness (QED) is 0.496. The van der Waals surface area contributed by atoms with Crippen LogP contribution in [-0.4, -0.2) is 34.4 Å². The summed E-state index contributed by atoms with van der Waals surface area (Å²) in [7, 11) is 3.41. The third-order valence-electron chi connectivity index (χ3n) is 6.33. The Kier molecular flexibility index (Phi) is 4.58. The van der Waals surface area contributed by atoms with Crippen molar-refractivity contribution in [2.24, 2.45) is 0 Å². The number of hydrogen-bond donors (Lipinski definition) is 0. The smallest absolute Gasteiger partial charge is 0.354 e. The van der Waals surface area contributed by atoms with E-state index in [1.807, 2.05) is 42.6 Å². The minimum atomic E-state index is -0.506. The first-order valence-electron chi connectivity index (χ1n) is 10.1. The monoisotopic (exact) mass is 434 g/mol. The van der Waals surface area contributed by atoms with Gasteiger partial charge in [0.25, 0.3) is 0 Å². The van der Waals surface area contributed by atoms with Gasteiger partial charge in [-0.1, -0.05) is 41.1 Å². The van der Waals surface area contributed by atoms with Crippen molar-refractivity contribution in [3.05, 3.63) is 83.4 Å². The first-order valence-corrected chi connectivity index (χ1v) is 10.9. The molecule has 1 aliphatic carbocycles. The fraction of sp³-hybridized carbons (Fsp3) is 0.250. The van der Waals surface area contributed by atoms with E-state index in [0.29, 0.717) is 5.56 Å². The fourth-order valence-electron chi connectivity index (χ4n) is 5.17. The van der Waals surface area contributed by atoms with Gasteiger partial charge in [0.2, 0.25) is 10.7 Å². The molecule has 2 unspecified atom stereocenters. The lowest BCUT2D eigenvalue weighted by atomic mass is 9.78. The molecule has 31 heavy (non-hydrogen) atoms. The Labute approximate surface area is 185 Å². The average molecular weight is 435 g/mol. The largest absolute Gasteiger partial charge is 0.496 e. The summed E-state index contributed by atoms with van der Waals surface area (Å²) in [6, 6.07) is 9.31. The number of imidazole rings is 1. The molecule has 0 fully saturated rings. The average Bonchev–Trinajstić information content (AvgIpc) is 3.29. The van der Waals surface area contributed by atoms with E-state index >= 15 is 0 Å². The number of carbonyl (C=O) groups excluding carboxylic acids is 1. The molecule has 0 amide bonds. The number of fused-ring (bicyclic) bond motifs is 3. The van der Waals surface area contributed by atoms with E-state index in [9.17, 15) is 4.79 Å². The minimum absolute atomic E-state index is 0.0231. The molecule has 158 valence electrons. The van der Waals surface area contributed by atoms with Crippen LogP contribution in [0.2, 0.25) is 0 Å². The number of allylic oxidation sites excluding steroid dienone is 3. The molecule has 3 heterocycles. The van der Waals surface area contributed by atoms with Gasteiger partial charge in [-0.15, -0.1) is 0 Å². The Morgan fingerprint density at radius 2 is 1.97 bits per heavy atom. The number of benzene rings is 1. The first-order chi connectivity index (χ1) is 15.0. The topological polar surface area (TPSA) is 53.4 Å². The number of ether oxygens (including phenoxy) is 1. The van der Waals surface area contributed by atoms with Crippen molar-refractivity contribution in [1.29, 1.82) is 0 Å². The molecule has 2 atom stereocenters. The molecule has 0 radical (unpaired) electrons. The number of rotatable bonds is 4. The van der Waals surface area contributed by atoms with Crippen LogP contribution in [0.4, 0.5) is 5.95 Å². The standard InChI is InChI=1S/C24H24N3O3S/c1-16-14-24-12-8-9-13-27(24,30-4)23-25-15-19(26(23)21(24)17(2)20(16)29-3)31-22(28)18-10-6-5-7-11-18/h5-13,15H,14H2,1-4H3/q+1. The molecule has 5 rings (SSSR count). The zero-order chi connectivity index (χ0) is 21.8. The molecule has 1 aromatic carbocycles. The van der Waals surface area contributed by atoms with Gasteiger partial charge in [0.05, 0.1) is 20.4 Å². The fourth-order valence-corrected chi connectivity index (χ4v) is 5.99. The van der Waals surface area contributed by atoms with Crippen LogP contribution in [-0.2, 0) is 9.57 Å². The van der Waals surface area contributed by atoms with Gasteiger partial charge in [0, 0.05) is 17.6 Å². The Bertz CT molecular complexity index is 1210. The molecule has 0 N–H and O–H groups in total. The molecule has 0 bridgehead atoms. The van der Waals surface area contributed by atoms with Crippen LogP contribution >= 0.6 is 11.8 Å². The van der Waals surface area contributed by atoms with Crippen LogP contribution in [0, 0.1) is 0 Å². The van der Waals surface area contributed by atoms with Gasteiger partial charge in [-0.2, -0.15) is 9.82 Å². The molecule has 3 aliphatic rings. The van der Waals surface area contributed by atoms with E-state index in [1.54, 1.807) is 20.4 Å². The van der Waals surface area contributed by atoms with Gasteiger partial charge in [-0.05, 0) is 43.3 Å². The van der Waals surface area contributed by atoms with E-state index in [-0.39, 0.29) is 9.76 Å². The highest BCUT2D eigenvalue weighted by atomic mass is 32.2. The van der Waals surface area contributed by atoms with Crippen LogP contribution in [0.1, 0.15) is 30.6 Å². The molecule has 0 saturated heterocycles. The van der Waals surface area contributed by atoms with Crippen LogP contribution in [0.5, 0.6) is 0 Å². The number of aromatic nitrogens is 2. The maximum atomic E-state index is 13.0. The molecule has 1 spiro atoms. The normalized spacial score (nSPS) is 26.1. The summed E-state index contributed by atoms with van der Waals surface area (Å²) >= 11 is 1.18. The van der Waals surface area contributed by atoms with E-state index in [1.165, 1.54) is 11.8 Å². The maximum absolute atomic E-state index is 13.0. The number of quaternary nitrogens is 1. The van der Waals surface area contributed by atoms with Gasteiger partial charge in [-0.3, -0.25) is 4.79 Å². The van der Waals surface area contributed by atoms with Crippen molar-refractivity contribution < 1.29 is 14.4 Å². The van der Waals surface area contributed by atoms with Crippen LogP contribution < -0.4 is 4.65 Å². The van der Waals surface area contributed by atoms with Gasteiger partial charge in [-0.25, -0.2) is 4.57 Å². The second kappa shape index (κ2) is 7.09. The lowest BCUT2D eigenvalue weighted by Crippen LogP contribution is -2.60. The zero-order valence-electron chi connectivity index (χ0n) is 18.0. The molecule has 7 heteroatoms. The summed E-state index contributed by atoms with van der Waals surface area (Å²) in [5.74, 6) is 1.61. The second-order valence-corrected chi connectivity index (χ2v) is 8.91. The highest BCUT2D eigenvalue weighted by Gasteiger charge is 2.67. The van der Waals surface area contributed by atoms with E-state index < -0.39 is 5.54 Å². The van der Waals surface area contributed by atoms with Crippen molar-refractivity contribution in [2.45, 2.75) is 30.8 Å². The lowest BCUT2D eigenvalue weighted by Gasteiger charge is -2.42. The summed E-state index contributed by atoms with van der Waals surface area (Å²) in [5, 5.41) is 0.739. The van der Waals surface area contributed by atoms with E-state index in [2.05, 4.69) is 30.6 Å². The molecular formula is C24H24N3O3S+. The Hall–Kier alpha value is -2.87. The summed E-state index contributed by atoms with van der Waals surface area (Å²) in [6.07, 6.45) is 10.7. The number of hydroxylamine groups is 2. The van der Waals surface area contributed by atoms with Crippen LogP contribution in [0.25, 0.3) is 5.70 Å². The van der Waals surface area contributed by atoms with Gasteiger partial charge in [0.15, 0.2) is 0 Å². The summed E-state index contributed by atoms with van der Waals surface area (Å²) in [5.41, 5.74) is 3.37. The predicted octanol–water partition coefficient (Wildman–Crippen LogP) is 5.08. The van der Waals surface area contributed by atoms with Gasteiger partial charge < -0.3 is 4.74 Å². The Morgan fingerprint density at radius 1 is 1.19 bits per heavy atom.